The molecule has 6 aromatic carbocycles. The van der Waals surface area contributed by atoms with Crippen LogP contribution in [0.25, 0.3) is 11.1 Å². The van der Waals surface area contributed by atoms with E-state index in [-0.39, 0.29) is 22.8 Å². The second kappa shape index (κ2) is 23.1. The average molecular weight is 847 g/mol. The summed E-state index contributed by atoms with van der Waals surface area (Å²) in [6, 6.07) is 41.4. The lowest BCUT2D eigenvalue weighted by Crippen LogP contribution is -2.05. The van der Waals surface area contributed by atoms with E-state index in [4.69, 9.17) is 0 Å². The summed E-state index contributed by atoms with van der Waals surface area (Å²) >= 11 is 3.23. The summed E-state index contributed by atoms with van der Waals surface area (Å²) in [5, 5.41) is 52.4. The Bertz CT molecular complexity index is 2280. The minimum absolute atomic E-state index is 0.0426. The second-order valence-electron chi connectivity index (χ2n) is 10.8. The van der Waals surface area contributed by atoms with Crippen molar-refractivity contribution in [2.75, 3.05) is 5.94 Å². The van der Waals surface area contributed by atoms with Gasteiger partial charge in [0.1, 0.15) is 0 Å². The molecule has 0 saturated carbocycles. The normalized spacial score (nSPS) is 10.4. The van der Waals surface area contributed by atoms with Crippen LogP contribution in [0.1, 0.15) is 0 Å². The standard InChI is InChI=1S/C12H8N2O4.C12H10S.C7H6N2O7S.C6H5NO2S/c15-13(16)11-5-1-3-9(7-11)10-4-2-6-12(8-10)14(17)18;1-3-7-11(8-4-1)13-12-9-5-2-6-10-12;10-8(11)5-1-2-7(16-4-17(14)15)6(3-5)9(12)13;8-7(9)5-1-3-6(10)4-2-5/h1-8H;1-10H;1-3H,4H2,(H,14,15);1-4,10H/p-1. The molecule has 298 valence electrons. The Morgan fingerprint density at radius 3 is 1.31 bits per heavy atom. The number of non-ortho nitro benzene ring substituents is 4. The maximum absolute atomic E-state index is 10.7. The number of benzene rings is 6. The zero-order valence-corrected chi connectivity index (χ0v) is 32.0. The predicted octanol–water partition coefficient (Wildman–Crippen LogP) is 9.61. The third kappa shape index (κ3) is 15.6. The van der Waals surface area contributed by atoms with Gasteiger partial charge in [0.15, 0.2) is 11.7 Å². The molecule has 0 radical (unpaired) electrons. The molecule has 0 aliphatic carbocycles. The van der Waals surface area contributed by atoms with Gasteiger partial charge in [-0.25, -0.2) is 0 Å². The molecule has 0 fully saturated rings. The molecule has 0 N–H and O–H groups in total. The second-order valence-corrected chi connectivity index (χ2v) is 13.4. The largest absolute Gasteiger partial charge is 0.770 e. The van der Waals surface area contributed by atoms with Gasteiger partial charge in [-0.05, 0) is 64.7 Å². The molecule has 0 spiro atoms. The van der Waals surface area contributed by atoms with Gasteiger partial charge < -0.3 is 9.29 Å². The number of hydrogen-bond donors (Lipinski definition) is 1. The first-order valence-corrected chi connectivity index (χ1v) is 18.5. The van der Waals surface area contributed by atoms with Gasteiger partial charge in [-0.15, -0.1) is 12.6 Å². The average Bonchev–Trinajstić information content (AvgIpc) is 3.21. The molecule has 0 saturated heterocycles. The molecule has 21 heteroatoms. The Morgan fingerprint density at radius 2 is 0.914 bits per heavy atom. The molecule has 6 rings (SSSR count). The molecule has 0 amide bonds. The first-order chi connectivity index (χ1) is 27.6. The molecule has 0 heterocycles. The number of thiol groups is 1. The van der Waals surface area contributed by atoms with Crippen LogP contribution >= 0.6 is 24.4 Å². The van der Waals surface area contributed by atoms with Crippen molar-refractivity contribution in [2.24, 2.45) is 0 Å². The van der Waals surface area contributed by atoms with Crippen molar-refractivity contribution in [3.8, 4) is 16.9 Å². The van der Waals surface area contributed by atoms with Gasteiger partial charge in [-0.1, -0.05) is 72.4 Å². The van der Waals surface area contributed by atoms with E-state index < -0.39 is 53.0 Å². The molecule has 1 atom stereocenters. The van der Waals surface area contributed by atoms with Crippen molar-refractivity contribution in [2.45, 2.75) is 14.7 Å². The maximum Gasteiger partial charge on any atom is 0.317 e. The molecule has 58 heavy (non-hydrogen) atoms. The third-order valence-corrected chi connectivity index (χ3v) is 8.51. The van der Waals surface area contributed by atoms with Gasteiger partial charge in [0.2, 0.25) is 0 Å². The number of nitrogens with zero attached hydrogens (tertiary/aromatic N) is 5. The van der Waals surface area contributed by atoms with Crippen LogP contribution in [0, 0.1) is 50.6 Å². The van der Waals surface area contributed by atoms with Crippen molar-refractivity contribution in [1.82, 2.24) is 0 Å². The first-order valence-electron chi connectivity index (χ1n) is 16.0. The monoisotopic (exact) mass is 846 g/mol. The van der Waals surface area contributed by atoms with Crippen LogP contribution in [0.15, 0.2) is 166 Å². The van der Waals surface area contributed by atoms with E-state index >= 15 is 0 Å². The van der Waals surface area contributed by atoms with Crippen LogP contribution in [0.3, 0.4) is 0 Å². The van der Waals surface area contributed by atoms with Gasteiger partial charge in [-0.3, -0.25) is 54.8 Å². The highest BCUT2D eigenvalue weighted by Gasteiger charge is 2.20. The fourth-order valence-corrected chi connectivity index (χ4v) is 5.51. The Kier molecular flexibility index (Phi) is 18.1. The Balaban J connectivity index is 0.000000211. The van der Waals surface area contributed by atoms with Gasteiger partial charge in [0.05, 0.1) is 30.7 Å². The van der Waals surface area contributed by atoms with E-state index in [9.17, 15) is 59.3 Å². The summed E-state index contributed by atoms with van der Waals surface area (Å²) in [7, 11) is 0. The van der Waals surface area contributed by atoms with Crippen LogP contribution < -0.4 is 4.74 Å². The minimum atomic E-state index is -2.53. The van der Waals surface area contributed by atoms with Crippen molar-refractivity contribution >= 4 is 63.9 Å². The maximum atomic E-state index is 10.7. The number of nitro groups is 5. The van der Waals surface area contributed by atoms with Gasteiger partial charge in [0.25, 0.3) is 22.7 Å². The van der Waals surface area contributed by atoms with Crippen molar-refractivity contribution in [3.63, 3.8) is 0 Å². The summed E-state index contributed by atoms with van der Waals surface area (Å²) in [5.74, 6) is -1.11. The van der Waals surface area contributed by atoms with Crippen LogP contribution in [0.5, 0.6) is 5.75 Å². The summed E-state index contributed by atoms with van der Waals surface area (Å²) in [5.41, 5.74) is 0.0218. The Labute approximate surface area is 340 Å². The summed E-state index contributed by atoms with van der Waals surface area (Å²) in [4.78, 5) is 52.6. The highest BCUT2D eigenvalue weighted by molar-refractivity contribution is 7.99. The quantitative estimate of drug-likeness (QED) is 0.0550. The molecule has 0 aliphatic rings. The number of rotatable bonds is 11. The molecular weight excluding hydrogens is 819 g/mol. The molecular formula is C37H28N5O13S3-. The minimum Gasteiger partial charge on any atom is -0.770 e. The predicted molar refractivity (Wildman–Crippen MR) is 217 cm³/mol. The van der Waals surface area contributed by atoms with E-state index in [1.807, 2.05) is 12.1 Å². The summed E-state index contributed by atoms with van der Waals surface area (Å²) in [6.07, 6.45) is 0. The number of nitro benzene ring substituents is 5. The van der Waals surface area contributed by atoms with Crippen LogP contribution in [0.4, 0.5) is 28.4 Å². The molecule has 0 aliphatic heterocycles. The summed E-state index contributed by atoms with van der Waals surface area (Å²) < 4.78 is 25.1. The third-order valence-electron chi connectivity index (χ3n) is 6.89. The van der Waals surface area contributed by atoms with E-state index in [1.54, 1.807) is 48.2 Å². The van der Waals surface area contributed by atoms with E-state index in [1.165, 1.54) is 46.2 Å². The fraction of sp³-hybridized carbons (Fsp3) is 0.0270. The molecule has 0 bridgehead atoms. The van der Waals surface area contributed by atoms with Crippen molar-refractivity contribution in [3.05, 3.63) is 202 Å². The lowest BCUT2D eigenvalue weighted by molar-refractivity contribution is -0.394. The molecule has 1 unspecified atom stereocenters. The van der Waals surface area contributed by atoms with E-state index in [2.05, 4.69) is 65.9 Å². The number of hydrogen-bond acceptors (Lipinski definition) is 15. The highest BCUT2D eigenvalue weighted by Crippen LogP contribution is 2.31. The van der Waals surface area contributed by atoms with E-state index in [0.29, 0.717) is 17.2 Å². The van der Waals surface area contributed by atoms with Crippen molar-refractivity contribution in [1.29, 1.82) is 0 Å². The van der Waals surface area contributed by atoms with Crippen LogP contribution in [-0.2, 0) is 11.1 Å². The smallest absolute Gasteiger partial charge is 0.317 e. The van der Waals surface area contributed by atoms with Crippen LogP contribution in [-0.4, -0.2) is 39.3 Å². The van der Waals surface area contributed by atoms with E-state index in [0.717, 1.165) is 17.0 Å². The lowest BCUT2D eigenvalue weighted by atomic mass is 10.0. The highest BCUT2D eigenvalue weighted by atomic mass is 32.2. The molecule has 6 aromatic rings. The van der Waals surface area contributed by atoms with Crippen molar-refractivity contribution < 1.29 is 38.1 Å². The lowest BCUT2D eigenvalue weighted by Gasteiger charge is -2.07. The molecule has 0 aromatic heterocycles. The summed E-state index contributed by atoms with van der Waals surface area (Å²) in [6.45, 7) is 0. The topological polar surface area (TPSA) is 265 Å². The van der Waals surface area contributed by atoms with Crippen LogP contribution in [0.2, 0.25) is 0 Å². The Hall–Kier alpha value is -7.07. The van der Waals surface area contributed by atoms with Gasteiger partial charge in [-0.2, -0.15) is 0 Å². The fourth-order valence-electron chi connectivity index (χ4n) is 4.28. The zero-order valence-electron chi connectivity index (χ0n) is 29.4. The van der Waals surface area contributed by atoms with Gasteiger partial charge in [0, 0.05) is 57.2 Å². The molecule has 18 nitrogen and oxygen atoms in total. The van der Waals surface area contributed by atoms with Gasteiger partial charge >= 0.3 is 5.69 Å². The number of ether oxygens (including phenoxy) is 1. The zero-order chi connectivity index (χ0) is 42.6. The first kappa shape index (κ1) is 45.3. The Morgan fingerprint density at radius 1 is 0.500 bits per heavy atom. The SMILES string of the molecule is O=[N+]([O-])c1ccc(OCS(=O)[O-])c([N+](=O)[O-])c1.O=[N+]([O-])c1ccc(S)cc1.O=[N+]([O-])c1cccc(-c2cccc([N+](=O)[O-])c2)c1.c1ccc(Sc2ccccc2)cc1.